The van der Waals surface area contributed by atoms with E-state index in [2.05, 4.69) is 15.9 Å². The monoisotopic (exact) mass is 310 g/mol. The summed E-state index contributed by atoms with van der Waals surface area (Å²) >= 11 is 3.36. The lowest BCUT2D eigenvalue weighted by Crippen LogP contribution is -1.97. The number of hydrogen-bond acceptors (Lipinski definition) is 2. The fourth-order valence-corrected chi connectivity index (χ4v) is 1.90. The summed E-state index contributed by atoms with van der Waals surface area (Å²) in [6.07, 6.45) is 0. The predicted molar refractivity (Wildman–Crippen MR) is 71.4 cm³/mol. The minimum Gasteiger partial charge on any atom is -0.494 e. The number of benzene rings is 2. The molecule has 0 saturated heterocycles. The summed E-state index contributed by atoms with van der Waals surface area (Å²) in [6.45, 7) is 0.317. The molecule has 2 nitrogen and oxygen atoms in total. The summed E-state index contributed by atoms with van der Waals surface area (Å²) in [7, 11) is 1.44. The van der Waals surface area contributed by atoms with Gasteiger partial charge in [0.05, 0.1) is 7.11 Å². The van der Waals surface area contributed by atoms with Crippen LogP contribution in [0.1, 0.15) is 5.56 Å². The summed E-state index contributed by atoms with van der Waals surface area (Å²) in [5.41, 5.74) is 0.758. The molecule has 2 rings (SSSR count). The van der Waals surface area contributed by atoms with Crippen LogP contribution in [0, 0.1) is 5.82 Å². The molecular weight excluding hydrogens is 299 g/mol. The van der Waals surface area contributed by atoms with Crippen LogP contribution in [-0.4, -0.2) is 7.11 Å². The Morgan fingerprint density at radius 1 is 1.17 bits per heavy atom. The van der Waals surface area contributed by atoms with Crippen molar-refractivity contribution >= 4 is 15.9 Å². The zero-order valence-electron chi connectivity index (χ0n) is 9.82. The van der Waals surface area contributed by atoms with Gasteiger partial charge in [-0.3, -0.25) is 0 Å². The van der Waals surface area contributed by atoms with E-state index in [1.807, 2.05) is 24.3 Å². The summed E-state index contributed by atoms with van der Waals surface area (Å²) in [4.78, 5) is 0. The lowest BCUT2D eigenvalue weighted by Gasteiger charge is -2.08. The summed E-state index contributed by atoms with van der Waals surface area (Å²) in [5.74, 6) is 0.592. The van der Waals surface area contributed by atoms with Gasteiger partial charge >= 0.3 is 0 Å². The average Bonchev–Trinajstić information content (AvgIpc) is 2.37. The summed E-state index contributed by atoms with van der Waals surface area (Å²) in [6, 6.07) is 12.3. The molecule has 0 aliphatic rings. The molecule has 0 spiro atoms. The number of methoxy groups -OCH3 is 1. The average molecular weight is 311 g/mol. The van der Waals surface area contributed by atoms with Crippen molar-refractivity contribution in [3.05, 3.63) is 58.3 Å². The van der Waals surface area contributed by atoms with Gasteiger partial charge in [-0.15, -0.1) is 0 Å². The molecule has 94 valence electrons. The maximum absolute atomic E-state index is 13.5. The second-order valence-corrected chi connectivity index (χ2v) is 4.63. The van der Waals surface area contributed by atoms with Crippen LogP contribution in [0.15, 0.2) is 46.9 Å². The van der Waals surface area contributed by atoms with Crippen LogP contribution >= 0.6 is 15.9 Å². The molecule has 0 N–H and O–H groups in total. The number of rotatable bonds is 4. The smallest absolute Gasteiger partial charge is 0.165 e. The number of hydrogen-bond donors (Lipinski definition) is 0. The van der Waals surface area contributed by atoms with Gasteiger partial charge in [0.1, 0.15) is 12.4 Å². The van der Waals surface area contributed by atoms with E-state index in [4.69, 9.17) is 9.47 Å². The minimum absolute atomic E-state index is 0.237. The Kier molecular flexibility index (Phi) is 4.20. The molecule has 18 heavy (non-hydrogen) atoms. The maximum atomic E-state index is 13.5. The maximum Gasteiger partial charge on any atom is 0.165 e. The van der Waals surface area contributed by atoms with E-state index in [0.717, 1.165) is 15.8 Å². The van der Waals surface area contributed by atoms with Gasteiger partial charge in [-0.25, -0.2) is 4.39 Å². The van der Waals surface area contributed by atoms with Gasteiger partial charge in [0.2, 0.25) is 0 Å². The van der Waals surface area contributed by atoms with Crippen molar-refractivity contribution < 1.29 is 13.9 Å². The van der Waals surface area contributed by atoms with Crippen LogP contribution in [0.2, 0.25) is 0 Å². The van der Waals surface area contributed by atoms with Gasteiger partial charge in [-0.05, 0) is 35.9 Å². The minimum atomic E-state index is -0.382. The van der Waals surface area contributed by atoms with E-state index in [1.54, 1.807) is 12.1 Å². The molecular formula is C14H12BrFO2. The van der Waals surface area contributed by atoms with Gasteiger partial charge in [0, 0.05) is 4.47 Å². The topological polar surface area (TPSA) is 18.5 Å². The molecule has 0 bridgehead atoms. The molecule has 0 aliphatic heterocycles. The van der Waals surface area contributed by atoms with E-state index < -0.39 is 0 Å². The Hall–Kier alpha value is -1.55. The Bertz CT molecular complexity index is 543. The quantitative estimate of drug-likeness (QED) is 0.843. The zero-order chi connectivity index (χ0) is 13.0. The van der Waals surface area contributed by atoms with Crippen molar-refractivity contribution in [2.45, 2.75) is 6.61 Å². The first kappa shape index (κ1) is 12.9. The molecule has 0 aromatic heterocycles. The lowest BCUT2D eigenvalue weighted by atomic mass is 10.2. The molecule has 0 atom stereocenters. The normalized spacial score (nSPS) is 10.2. The van der Waals surface area contributed by atoms with E-state index in [9.17, 15) is 4.39 Å². The van der Waals surface area contributed by atoms with Crippen LogP contribution in [-0.2, 0) is 6.61 Å². The Morgan fingerprint density at radius 3 is 2.67 bits per heavy atom. The van der Waals surface area contributed by atoms with Crippen molar-refractivity contribution in [3.63, 3.8) is 0 Å². The van der Waals surface area contributed by atoms with E-state index in [-0.39, 0.29) is 11.6 Å². The highest BCUT2D eigenvalue weighted by molar-refractivity contribution is 9.10. The van der Waals surface area contributed by atoms with Crippen LogP contribution in [0.4, 0.5) is 4.39 Å². The van der Waals surface area contributed by atoms with Crippen molar-refractivity contribution in [3.8, 4) is 11.5 Å². The van der Waals surface area contributed by atoms with Crippen molar-refractivity contribution in [1.82, 2.24) is 0 Å². The van der Waals surface area contributed by atoms with Crippen molar-refractivity contribution in [2.75, 3.05) is 7.11 Å². The third kappa shape index (κ3) is 3.23. The fraction of sp³-hybridized carbons (Fsp3) is 0.143. The molecule has 0 fully saturated rings. The zero-order valence-corrected chi connectivity index (χ0v) is 11.4. The lowest BCUT2D eigenvalue weighted by molar-refractivity contribution is 0.304. The largest absolute Gasteiger partial charge is 0.494 e. The van der Waals surface area contributed by atoms with Crippen molar-refractivity contribution in [1.29, 1.82) is 0 Å². The highest BCUT2D eigenvalue weighted by Crippen LogP contribution is 2.21. The Morgan fingerprint density at radius 2 is 2.00 bits per heavy atom. The van der Waals surface area contributed by atoms with Gasteiger partial charge in [-0.1, -0.05) is 28.1 Å². The Balaban J connectivity index is 2.04. The standard InChI is InChI=1S/C14H12BrFO2/c1-17-14-6-5-10(7-13(14)16)9-18-12-4-2-3-11(15)8-12/h2-8H,9H2,1H3. The van der Waals surface area contributed by atoms with E-state index in [0.29, 0.717) is 6.61 Å². The molecule has 2 aromatic carbocycles. The highest BCUT2D eigenvalue weighted by atomic mass is 79.9. The fourth-order valence-electron chi connectivity index (χ4n) is 1.52. The third-order valence-corrected chi connectivity index (χ3v) is 2.91. The third-order valence-electron chi connectivity index (χ3n) is 2.42. The predicted octanol–water partition coefficient (Wildman–Crippen LogP) is 4.18. The molecule has 0 amide bonds. The van der Waals surface area contributed by atoms with Gasteiger partial charge < -0.3 is 9.47 Å². The van der Waals surface area contributed by atoms with Crippen LogP contribution in [0.25, 0.3) is 0 Å². The summed E-state index contributed by atoms with van der Waals surface area (Å²) < 4.78 is 24.8. The first-order valence-corrected chi connectivity index (χ1v) is 6.19. The van der Waals surface area contributed by atoms with E-state index in [1.165, 1.54) is 13.2 Å². The van der Waals surface area contributed by atoms with Crippen LogP contribution in [0.5, 0.6) is 11.5 Å². The van der Waals surface area contributed by atoms with Crippen LogP contribution < -0.4 is 9.47 Å². The molecule has 4 heteroatoms. The molecule has 0 saturated carbocycles. The molecule has 0 aliphatic carbocycles. The second kappa shape index (κ2) is 5.87. The first-order chi connectivity index (χ1) is 8.69. The van der Waals surface area contributed by atoms with Crippen molar-refractivity contribution in [2.24, 2.45) is 0 Å². The molecule has 0 heterocycles. The molecule has 0 unspecified atom stereocenters. The summed E-state index contributed by atoms with van der Waals surface area (Å²) in [5, 5.41) is 0. The Labute approximate surface area is 113 Å². The van der Waals surface area contributed by atoms with Crippen LogP contribution in [0.3, 0.4) is 0 Å². The SMILES string of the molecule is COc1ccc(COc2cccc(Br)c2)cc1F. The number of ether oxygens (including phenoxy) is 2. The van der Waals surface area contributed by atoms with Gasteiger partial charge in [0.25, 0.3) is 0 Å². The first-order valence-electron chi connectivity index (χ1n) is 5.40. The number of halogens is 2. The highest BCUT2D eigenvalue weighted by Gasteiger charge is 2.04. The second-order valence-electron chi connectivity index (χ2n) is 3.71. The molecule has 2 aromatic rings. The van der Waals surface area contributed by atoms with Gasteiger partial charge in [-0.2, -0.15) is 0 Å². The van der Waals surface area contributed by atoms with Gasteiger partial charge in [0.15, 0.2) is 11.6 Å². The molecule has 0 radical (unpaired) electrons. The van der Waals surface area contributed by atoms with E-state index >= 15 is 0 Å².